The van der Waals surface area contributed by atoms with Gasteiger partial charge in [-0.1, -0.05) is 13.3 Å². The first-order valence-electron chi connectivity index (χ1n) is 9.50. The van der Waals surface area contributed by atoms with Crippen LogP contribution in [0.4, 0.5) is 0 Å². The van der Waals surface area contributed by atoms with E-state index in [0.717, 1.165) is 19.0 Å². The summed E-state index contributed by atoms with van der Waals surface area (Å²) < 4.78 is 0. The lowest BCUT2D eigenvalue weighted by molar-refractivity contribution is 0.151. The zero-order valence-corrected chi connectivity index (χ0v) is 17.3. The van der Waals surface area contributed by atoms with Crippen molar-refractivity contribution < 1.29 is 0 Å². The minimum Gasteiger partial charge on any atom is -0.357 e. The Morgan fingerprint density at radius 1 is 1.22 bits per heavy atom. The Morgan fingerprint density at radius 2 is 2.04 bits per heavy atom. The summed E-state index contributed by atoms with van der Waals surface area (Å²) >= 11 is 0. The van der Waals surface area contributed by atoms with Gasteiger partial charge in [-0.25, -0.2) is 0 Å². The third-order valence-corrected chi connectivity index (χ3v) is 5.90. The van der Waals surface area contributed by atoms with E-state index in [-0.39, 0.29) is 24.0 Å². The monoisotopic (exact) mass is 434 g/mol. The number of hydrogen-bond acceptors (Lipinski definition) is 2. The lowest BCUT2D eigenvalue weighted by Crippen LogP contribution is -2.42. The van der Waals surface area contributed by atoms with E-state index in [1.807, 2.05) is 0 Å². The summed E-state index contributed by atoms with van der Waals surface area (Å²) in [5.74, 6) is 1.95. The second kappa shape index (κ2) is 8.88. The molecule has 23 heavy (non-hydrogen) atoms. The fourth-order valence-electron chi connectivity index (χ4n) is 4.42. The number of likely N-dealkylation sites (tertiary alicyclic amines) is 2. The van der Waals surface area contributed by atoms with E-state index in [1.165, 1.54) is 77.2 Å². The molecule has 5 heteroatoms. The van der Waals surface area contributed by atoms with Crippen LogP contribution in [-0.4, -0.2) is 61.6 Å². The fourth-order valence-corrected chi connectivity index (χ4v) is 4.42. The van der Waals surface area contributed by atoms with E-state index in [4.69, 9.17) is 4.99 Å². The Morgan fingerprint density at radius 3 is 2.65 bits per heavy atom. The third-order valence-electron chi connectivity index (χ3n) is 5.90. The summed E-state index contributed by atoms with van der Waals surface area (Å²) in [6.45, 7) is 12.7. The standard InChI is InChI=1S/C18H34N4.HI/c1-3-10-21-11-6-16(14-21)13-20-17(19-4-2)22-12-9-18(15-22)7-5-8-18;/h16H,3-15H2,1-2H3,(H,19,20);1H. The van der Waals surface area contributed by atoms with E-state index in [0.29, 0.717) is 5.41 Å². The van der Waals surface area contributed by atoms with Gasteiger partial charge in [0.2, 0.25) is 0 Å². The van der Waals surface area contributed by atoms with Crippen LogP contribution in [-0.2, 0) is 0 Å². The minimum absolute atomic E-state index is 0. The van der Waals surface area contributed by atoms with Crippen LogP contribution >= 0.6 is 24.0 Å². The molecule has 3 fully saturated rings. The zero-order valence-electron chi connectivity index (χ0n) is 15.0. The number of guanidine groups is 1. The van der Waals surface area contributed by atoms with Gasteiger partial charge in [0.15, 0.2) is 5.96 Å². The summed E-state index contributed by atoms with van der Waals surface area (Å²) in [7, 11) is 0. The Bertz CT molecular complexity index is 394. The van der Waals surface area contributed by atoms with Crippen molar-refractivity contribution in [3.63, 3.8) is 0 Å². The average Bonchev–Trinajstić information content (AvgIpc) is 3.10. The topological polar surface area (TPSA) is 30.9 Å². The van der Waals surface area contributed by atoms with E-state index in [9.17, 15) is 0 Å². The van der Waals surface area contributed by atoms with Gasteiger partial charge >= 0.3 is 0 Å². The summed E-state index contributed by atoms with van der Waals surface area (Å²) in [6.07, 6.45) is 8.30. The number of rotatable bonds is 5. The first-order valence-corrected chi connectivity index (χ1v) is 9.50. The van der Waals surface area contributed by atoms with Crippen LogP contribution in [0.5, 0.6) is 0 Å². The third kappa shape index (κ3) is 4.74. The van der Waals surface area contributed by atoms with Crippen LogP contribution in [0.2, 0.25) is 0 Å². The first kappa shape index (κ1) is 19.3. The number of halogens is 1. The van der Waals surface area contributed by atoms with Crippen molar-refractivity contribution in [1.82, 2.24) is 15.1 Å². The highest BCUT2D eigenvalue weighted by Gasteiger charge is 2.43. The van der Waals surface area contributed by atoms with Crippen molar-refractivity contribution in [3.05, 3.63) is 0 Å². The maximum atomic E-state index is 5.00. The van der Waals surface area contributed by atoms with E-state index >= 15 is 0 Å². The molecule has 2 heterocycles. The Balaban J connectivity index is 0.00000192. The predicted molar refractivity (Wildman–Crippen MR) is 109 cm³/mol. The lowest BCUT2D eigenvalue weighted by atomic mass is 9.68. The Labute approximate surface area is 159 Å². The maximum absolute atomic E-state index is 5.00. The number of hydrogen-bond donors (Lipinski definition) is 1. The molecule has 1 unspecified atom stereocenters. The van der Waals surface area contributed by atoms with Crippen molar-refractivity contribution in [2.24, 2.45) is 16.3 Å². The smallest absolute Gasteiger partial charge is 0.193 e. The quantitative estimate of drug-likeness (QED) is 0.410. The molecule has 0 aromatic carbocycles. The molecule has 0 aromatic heterocycles. The summed E-state index contributed by atoms with van der Waals surface area (Å²) in [4.78, 5) is 10.1. The maximum Gasteiger partial charge on any atom is 0.193 e. The molecule has 1 aliphatic carbocycles. The van der Waals surface area contributed by atoms with Gasteiger partial charge in [-0.3, -0.25) is 4.99 Å². The largest absolute Gasteiger partial charge is 0.357 e. The zero-order chi connectivity index (χ0) is 15.4. The summed E-state index contributed by atoms with van der Waals surface area (Å²) in [5, 5.41) is 3.53. The van der Waals surface area contributed by atoms with E-state index in [1.54, 1.807) is 0 Å². The highest BCUT2D eigenvalue weighted by Crippen LogP contribution is 2.47. The fraction of sp³-hybridized carbons (Fsp3) is 0.944. The van der Waals surface area contributed by atoms with Gasteiger partial charge in [-0.2, -0.15) is 0 Å². The molecule has 2 saturated heterocycles. The highest BCUT2D eigenvalue weighted by atomic mass is 127. The normalized spacial score (nSPS) is 27.1. The molecule has 0 bridgehead atoms. The molecule has 1 spiro atoms. The van der Waals surface area contributed by atoms with Gasteiger partial charge in [-0.15, -0.1) is 24.0 Å². The van der Waals surface area contributed by atoms with Crippen LogP contribution in [0.15, 0.2) is 4.99 Å². The molecule has 1 N–H and O–H groups in total. The Hall–Kier alpha value is -0.0400. The lowest BCUT2D eigenvalue weighted by Gasteiger charge is -2.38. The minimum atomic E-state index is 0. The molecular formula is C18H35IN4. The average molecular weight is 434 g/mol. The number of nitrogens with zero attached hydrogens (tertiary/aromatic N) is 3. The van der Waals surface area contributed by atoms with E-state index in [2.05, 4.69) is 29.0 Å². The van der Waals surface area contributed by atoms with Crippen molar-refractivity contribution >= 4 is 29.9 Å². The van der Waals surface area contributed by atoms with Gasteiger partial charge in [0.05, 0.1) is 0 Å². The van der Waals surface area contributed by atoms with Gasteiger partial charge in [0, 0.05) is 32.7 Å². The molecule has 1 atom stereocenters. The molecule has 3 rings (SSSR count). The van der Waals surface area contributed by atoms with Gasteiger partial charge in [-0.05, 0) is 63.5 Å². The van der Waals surface area contributed by atoms with Crippen molar-refractivity contribution in [2.45, 2.75) is 52.4 Å². The molecule has 0 amide bonds. The van der Waals surface area contributed by atoms with E-state index < -0.39 is 0 Å². The molecule has 1 saturated carbocycles. The molecule has 134 valence electrons. The van der Waals surface area contributed by atoms with Crippen LogP contribution in [0, 0.1) is 11.3 Å². The summed E-state index contributed by atoms with van der Waals surface area (Å²) in [6, 6.07) is 0. The Kier molecular flexibility index (Phi) is 7.45. The molecule has 2 aliphatic heterocycles. The van der Waals surface area contributed by atoms with Gasteiger partial charge in [0.25, 0.3) is 0 Å². The SMILES string of the molecule is CCCN1CCC(CN=C(NCC)N2CCC3(CCC3)C2)C1.I. The molecule has 3 aliphatic rings. The van der Waals surface area contributed by atoms with Gasteiger partial charge in [0.1, 0.15) is 0 Å². The number of nitrogens with one attached hydrogen (secondary N) is 1. The van der Waals surface area contributed by atoms with Crippen molar-refractivity contribution in [2.75, 3.05) is 45.8 Å². The molecule has 0 aromatic rings. The molecule has 0 radical (unpaired) electrons. The van der Waals surface area contributed by atoms with Crippen LogP contribution in [0.25, 0.3) is 0 Å². The molecule has 4 nitrogen and oxygen atoms in total. The second-order valence-electron chi connectivity index (χ2n) is 7.68. The first-order chi connectivity index (χ1) is 10.7. The summed E-state index contributed by atoms with van der Waals surface area (Å²) in [5.41, 5.74) is 0.654. The molecular weight excluding hydrogens is 399 g/mol. The highest BCUT2D eigenvalue weighted by molar-refractivity contribution is 14.0. The number of aliphatic imine (C=N–C) groups is 1. The van der Waals surface area contributed by atoms with Gasteiger partial charge < -0.3 is 15.1 Å². The van der Waals surface area contributed by atoms with Crippen molar-refractivity contribution in [3.8, 4) is 0 Å². The van der Waals surface area contributed by atoms with Crippen LogP contribution in [0.1, 0.15) is 52.4 Å². The second-order valence-corrected chi connectivity index (χ2v) is 7.68. The van der Waals surface area contributed by atoms with Crippen LogP contribution < -0.4 is 5.32 Å². The van der Waals surface area contributed by atoms with Crippen LogP contribution in [0.3, 0.4) is 0 Å². The predicted octanol–water partition coefficient (Wildman–Crippen LogP) is 3.18. The van der Waals surface area contributed by atoms with Crippen molar-refractivity contribution in [1.29, 1.82) is 0 Å².